The average molecular weight is 354 g/mol. The van der Waals surface area contributed by atoms with Crippen molar-refractivity contribution >= 4 is 22.7 Å². The van der Waals surface area contributed by atoms with Crippen LogP contribution in [-0.4, -0.2) is 15.4 Å². The molecule has 0 atom stereocenters. The molecule has 0 N–H and O–H groups in total. The number of nitro benzene ring substituents is 1. The van der Waals surface area contributed by atoms with Gasteiger partial charge in [-0.15, -0.1) is 0 Å². The van der Waals surface area contributed by atoms with E-state index in [9.17, 15) is 19.7 Å². The fourth-order valence-corrected chi connectivity index (χ4v) is 2.88. The lowest BCUT2D eigenvalue weighted by atomic mass is 10.1. The Bertz CT molecular complexity index is 985. The van der Waals surface area contributed by atoms with Gasteiger partial charge in [0.2, 0.25) is 5.91 Å². The number of nitrogens with zero attached hydrogens (tertiary/aromatic N) is 2. The van der Waals surface area contributed by atoms with Crippen molar-refractivity contribution in [2.75, 3.05) is 0 Å². The Morgan fingerprint density at radius 2 is 1.77 bits per heavy atom. The van der Waals surface area contributed by atoms with Crippen molar-refractivity contribution in [3.05, 3.63) is 74.8 Å². The SMILES string of the molecule is O=C(CCCCCc1ccc([N+](=O)[O-])cc1)n1c(=O)oc2ccccc21. The number of para-hydroxylation sites is 2. The fourth-order valence-electron chi connectivity index (χ4n) is 2.88. The topological polar surface area (TPSA) is 95.3 Å². The molecule has 1 aromatic heterocycles. The van der Waals surface area contributed by atoms with Crippen molar-refractivity contribution in [2.45, 2.75) is 32.1 Å². The molecular weight excluding hydrogens is 336 g/mol. The molecule has 134 valence electrons. The number of rotatable bonds is 7. The normalized spacial score (nSPS) is 10.9. The van der Waals surface area contributed by atoms with Crippen molar-refractivity contribution in [1.82, 2.24) is 4.57 Å². The standard InChI is InChI=1S/C19H18N2O5/c22-18(20-16-7-4-5-8-17(16)26-19(20)23)9-3-1-2-6-14-10-12-15(13-11-14)21(24)25/h4-5,7-8,10-13H,1-3,6,9H2. The molecule has 0 bridgehead atoms. The molecule has 0 fully saturated rings. The van der Waals surface area contributed by atoms with Gasteiger partial charge in [0.1, 0.15) is 0 Å². The summed E-state index contributed by atoms with van der Waals surface area (Å²) in [7, 11) is 0. The number of nitro groups is 1. The van der Waals surface area contributed by atoms with Crippen LogP contribution in [0, 0.1) is 10.1 Å². The summed E-state index contributed by atoms with van der Waals surface area (Å²) in [4.78, 5) is 34.4. The number of benzene rings is 2. The zero-order chi connectivity index (χ0) is 18.5. The van der Waals surface area contributed by atoms with Gasteiger partial charge in [-0.05, 0) is 37.0 Å². The minimum atomic E-state index is -0.651. The summed E-state index contributed by atoms with van der Waals surface area (Å²) in [6.07, 6.45) is 3.42. The van der Waals surface area contributed by atoms with E-state index in [1.807, 2.05) is 0 Å². The molecule has 0 radical (unpaired) electrons. The van der Waals surface area contributed by atoms with E-state index in [4.69, 9.17) is 4.42 Å². The summed E-state index contributed by atoms with van der Waals surface area (Å²) >= 11 is 0. The number of carbonyl (C=O) groups excluding carboxylic acids is 1. The first-order valence-corrected chi connectivity index (χ1v) is 8.43. The highest BCUT2D eigenvalue weighted by Gasteiger charge is 2.15. The number of fused-ring (bicyclic) bond motifs is 1. The summed E-state index contributed by atoms with van der Waals surface area (Å²) < 4.78 is 6.16. The largest absolute Gasteiger partial charge is 0.426 e. The van der Waals surface area contributed by atoms with Crippen LogP contribution in [0.3, 0.4) is 0 Å². The van der Waals surface area contributed by atoms with Gasteiger partial charge in [-0.3, -0.25) is 14.9 Å². The summed E-state index contributed by atoms with van der Waals surface area (Å²) in [6.45, 7) is 0. The molecule has 0 aliphatic carbocycles. The highest BCUT2D eigenvalue weighted by atomic mass is 16.6. The van der Waals surface area contributed by atoms with Crippen LogP contribution in [0.25, 0.3) is 11.1 Å². The molecule has 0 aliphatic rings. The van der Waals surface area contributed by atoms with Crippen molar-refractivity contribution < 1.29 is 14.1 Å². The number of non-ortho nitro benzene ring substituents is 1. The lowest BCUT2D eigenvalue weighted by Gasteiger charge is -2.03. The van der Waals surface area contributed by atoms with E-state index in [0.29, 0.717) is 17.5 Å². The molecule has 0 unspecified atom stereocenters. The quantitative estimate of drug-likeness (QED) is 0.364. The maximum Gasteiger partial charge on any atom is 0.426 e. The Labute approximate surface area is 149 Å². The zero-order valence-electron chi connectivity index (χ0n) is 14.1. The molecule has 3 rings (SSSR count). The molecule has 3 aromatic rings. The van der Waals surface area contributed by atoms with E-state index in [0.717, 1.165) is 29.4 Å². The van der Waals surface area contributed by atoms with Crippen molar-refractivity contribution in [3.63, 3.8) is 0 Å². The van der Waals surface area contributed by atoms with Gasteiger partial charge in [-0.2, -0.15) is 0 Å². The van der Waals surface area contributed by atoms with Gasteiger partial charge in [0.25, 0.3) is 5.69 Å². The Kier molecular flexibility index (Phi) is 5.26. The number of aryl methyl sites for hydroxylation is 1. The van der Waals surface area contributed by atoms with Gasteiger partial charge in [-0.25, -0.2) is 9.36 Å². The molecule has 2 aromatic carbocycles. The fraction of sp³-hybridized carbons (Fsp3) is 0.263. The predicted molar refractivity (Wildman–Crippen MR) is 96.4 cm³/mol. The minimum absolute atomic E-state index is 0.0807. The van der Waals surface area contributed by atoms with Crippen LogP contribution in [0.4, 0.5) is 5.69 Å². The molecule has 0 saturated heterocycles. The molecule has 7 nitrogen and oxygen atoms in total. The van der Waals surface area contributed by atoms with Crippen molar-refractivity contribution in [1.29, 1.82) is 0 Å². The molecule has 1 heterocycles. The first-order chi connectivity index (χ1) is 12.6. The second kappa shape index (κ2) is 7.77. The Balaban J connectivity index is 1.49. The van der Waals surface area contributed by atoms with Gasteiger partial charge in [-0.1, -0.05) is 30.7 Å². The third kappa shape index (κ3) is 3.88. The predicted octanol–water partition coefficient (Wildman–Crippen LogP) is 3.95. The Morgan fingerprint density at radius 3 is 2.50 bits per heavy atom. The minimum Gasteiger partial charge on any atom is -0.407 e. The van der Waals surface area contributed by atoms with E-state index < -0.39 is 10.7 Å². The van der Waals surface area contributed by atoms with Crippen LogP contribution in [-0.2, 0) is 6.42 Å². The monoisotopic (exact) mass is 354 g/mol. The van der Waals surface area contributed by atoms with E-state index in [1.165, 1.54) is 12.1 Å². The first-order valence-electron chi connectivity index (χ1n) is 8.43. The smallest absolute Gasteiger partial charge is 0.407 e. The third-order valence-corrected chi connectivity index (χ3v) is 4.24. The molecule has 26 heavy (non-hydrogen) atoms. The summed E-state index contributed by atoms with van der Waals surface area (Å²) in [5.41, 5.74) is 2.01. The van der Waals surface area contributed by atoms with Gasteiger partial charge in [0, 0.05) is 18.6 Å². The number of carbonyl (C=O) groups is 1. The van der Waals surface area contributed by atoms with E-state index >= 15 is 0 Å². The van der Waals surface area contributed by atoms with E-state index in [-0.39, 0.29) is 18.0 Å². The second-order valence-electron chi connectivity index (χ2n) is 6.05. The lowest BCUT2D eigenvalue weighted by Crippen LogP contribution is -2.22. The van der Waals surface area contributed by atoms with E-state index in [2.05, 4.69) is 0 Å². The van der Waals surface area contributed by atoms with Crippen LogP contribution in [0.15, 0.2) is 57.7 Å². The number of oxazole rings is 1. The molecule has 0 aliphatic heterocycles. The summed E-state index contributed by atoms with van der Waals surface area (Å²) in [5, 5.41) is 10.6. The molecule has 7 heteroatoms. The highest BCUT2D eigenvalue weighted by molar-refractivity contribution is 5.88. The van der Waals surface area contributed by atoms with Crippen LogP contribution >= 0.6 is 0 Å². The lowest BCUT2D eigenvalue weighted by molar-refractivity contribution is -0.384. The maximum atomic E-state index is 12.3. The summed E-state index contributed by atoms with van der Waals surface area (Å²) in [6, 6.07) is 13.3. The van der Waals surface area contributed by atoms with E-state index in [1.54, 1.807) is 36.4 Å². The molecule has 0 amide bonds. The molecule has 0 saturated carbocycles. The summed E-state index contributed by atoms with van der Waals surface area (Å²) in [5.74, 6) is -0.919. The number of hydrogen-bond acceptors (Lipinski definition) is 5. The van der Waals surface area contributed by atoms with Gasteiger partial charge >= 0.3 is 5.76 Å². The number of unbranched alkanes of at least 4 members (excludes halogenated alkanes) is 2. The van der Waals surface area contributed by atoms with Crippen LogP contribution < -0.4 is 5.76 Å². The second-order valence-corrected chi connectivity index (χ2v) is 6.05. The third-order valence-electron chi connectivity index (χ3n) is 4.24. The molecule has 0 spiro atoms. The zero-order valence-corrected chi connectivity index (χ0v) is 14.1. The van der Waals surface area contributed by atoms with Crippen LogP contribution in [0.1, 0.15) is 36.0 Å². The Hall–Kier alpha value is -3.22. The molecular formula is C19H18N2O5. The van der Waals surface area contributed by atoms with Gasteiger partial charge < -0.3 is 4.42 Å². The van der Waals surface area contributed by atoms with Crippen molar-refractivity contribution in [3.8, 4) is 0 Å². The number of aromatic nitrogens is 1. The van der Waals surface area contributed by atoms with Gasteiger partial charge in [0.05, 0.1) is 10.4 Å². The first kappa shape index (κ1) is 17.6. The van der Waals surface area contributed by atoms with Crippen LogP contribution in [0.5, 0.6) is 0 Å². The highest BCUT2D eigenvalue weighted by Crippen LogP contribution is 2.16. The Morgan fingerprint density at radius 1 is 1.04 bits per heavy atom. The maximum absolute atomic E-state index is 12.3. The van der Waals surface area contributed by atoms with Gasteiger partial charge in [0.15, 0.2) is 5.58 Å². The van der Waals surface area contributed by atoms with Crippen LogP contribution in [0.2, 0.25) is 0 Å². The van der Waals surface area contributed by atoms with Crippen molar-refractivity contribution in [2.24, 2.45) is 0 Å². The average Bonchev–Trinajstić information content (AvgIpc) is 2.97. The number of hydrogen-bond donors (Lipinski definition) is 0.